The molecule has 0 heterocycles. The van der Waals surface area contributed by atoms with Gasteiger partial charge in [-0.05, 0) is 43.0 Å². The summed E-state index contributed by atoms with van der Waals surface area (Å²) in [6.45, 7) is 8.66. The number of nitrogens with zero attached hydrogens (tertiary/aromatic N) is 1. The zero-order valence-electron chi connectivity index (χ0n) is 20.3. The van der Waals surface area contributed by atoms with E-state index in [0.717, 1.165) is 24.2 Å². The van der Waals surface area contributed by atoms with Gasteiger partial charge < -0.3 is 20.6 Å². The second-order valence-corrected chi connectivity index (χ2v) is 9.98. The Morgan fingerprint density at radius 3 is 2.22 bits per heavy atom. The minimum absolute atomic E-state index is 0.0331. The lowest BCUT2D eigenvalue weighted by atomic mass is 9.92. The van der Waals surface area contributed by atoms with Crippen molar-refractivity contribution in [3.8, 4) is 0 Å². The third-order valence-corrected chi connectivity index (χ3v) is 5.67. The Morgan fingerprint density at radius 2 is 1.62 bits per heavy atom. The zero-order valence-corrected chi connectivity index (χ0v) is 20.3. The van der Waals surface area contributed by atoms with E-state index in [1.807, 2.05) is 60.7 Å². The number of hydrogen-bond donors (Lipinski definition) is 3. The van der Waals surface area contributed by atoms with Crippen LogP contribution in [0.5, 0.6) is 0 Å². The number of carbonyl (C=O) groups excluding carboxylic acids is 1. The van der Waals surface area contributed by atoms with E-state index >= 15 is 0 Å². The van der Waals surface area contributed by atoms with E-state index in [4.69, 9.17) is 0 Å². The molecule has 3 atom stereocenters. The summed E-state index contributed by atoms with van der Waals surface area (Å²) in [4.78, 5) is 15.0. The highest BCUT2D eigenvalue weighted by molar-refractivity contribution is 5.77. The summed E-state index contributed by atoms with van der Waals surface area (Å²) in [6, 6.07) is 19.7. The highest BCUT2D eigenvalue weighted by atomic mass is 16.3. The number of hydrogen-bond acceptors (Lipinski definition) is 4. The van der Waals surface area contributed by atoms with Crippen molar-refractivity contribution in [1.82, 2.24) is 15.5 Å². The Kier molecular flexibility index (Phi) is 10.4. The molecular formula is C27H41N3O2. The summed E-state index contributed by atoms with van der Waals surface area (Å²) < 4.78 is 0. The lowest BCUT2D eigenvalue weighted by Crippen LogP contribution is -2.50. The number of nitrogens with one attached hydrogen (secondary N) is 2. The van der Waals surface area contributed by atoms with Crippen molar-refractivity contribution in [1.29, 1.82) is 0 Å². The number of aliphatic hydroxyl groups excluding tert-OH is 1. The van der Waals surface area contributed by atoms with Crippen molar-refractivity contribution in [2.45, 2.75) is 51.7 Å². The highest BCUT2D eigenvalue weighted by Crippen LogP contribution is 2.19. The third kappa shape index (κ3) is 9.51. The molecule has 3 N–H and O–H groups in total. The zero-order chi connectivity index (χ0) is 23.6. The Hall–Kier alpha value is -2.21. The van der Waals surface area contributed by atoms with Crippen molar-refractivity contribution >= 4 is 5.91 Å². The van der Waals surface area contributed by atoms with Crippen LogP contribution in [-0.4, -0.2) is 61.8 Å². The van der Waals surface area contributed by atoms with Crippen LogP contribution in [0.3, 0.4) is 0 Å². The molecule has 0 aromatic heterocycles. The minimum atomic E-state index is -0.679. The summed E-state index contributed by atoms with van der Waals surface area (Å²) in [5.41, 5.74) is 2.33. The first kappa shape index (κ1) is 26.0. The molecule has 5 nitrogen and oxygen atoms in total. The van der Waals surface area contributed by atoms with Gasteiger partial charge in [0.2, 0.25) is 5.91 Å². The molecule has 2 rings (SSSR count). The van der Waals surface area contributed by atoms with Crippen LogP contribution >= 0.6 is 0 Å². The number of amides is 1. The summed E-state index contributed by atoms with van der Waals surface area (Å²) in [5.74, 6) is 0.0879. The summed E-state index contributed by atoms with van der Waals surface area (Å²) in [5, 5.41) is 17.5. The first-order valence-electron chi connectivity index (χ1n) is 11.6. The van der Waals surface area contributed by atoms with Gasteiger partial charge in [0, 0.05) is 26.1 Å². The molecule has 0 spiro atoms. The fourth-order valence-corrected chi connectivity index (χ4v) is 4.21. The van der Waals surface area contributed by atoms with Crippen molar-refractivity contribution in [3.05, 3.63) is 71.8 Å². The molecule has 1 amide bonds. The second kappa shape index (κ2) is 12.7. The van der Waals surface area contributed by atoms with Gasteiger partial charge in [0.05, 0.1) is 12.1 Å². The molecule has 0 aliphatic carbocycles. The van der Waals surface area contributed by atoms with E-state index in [-0.39, 0.29) is 23.3 Å². The van der Waals surface area contributed by atoms with Crippen molar-refractivity contribution in [3.63, 3.8) is 0 Å². The van der Waals surface area contributed by atoms with Gasteiger partial charge in [-0.15, -0.1) is 0 Å². The fraction of sp³-hybridized carbons (Fsp3) is 0.519. The Morgan fingerprint density at radius 1 is 1.03 bits per heavy atom. The maximum absolute atomic E-state index is 12.8. The van der Waals surface area contributed by atoms with E-state index in [0.29, 0.717) is 19.4 Å². The first-order valence-corrected chi connectivity index (χ1v) is 11.6. The van der Waals surface area contributed by atoms with Gasteiger partial charge in [-0.25, -0.2) is 0 Å². The van der Waals surface area contributed by atoms with Gasteiger partial charge in [0.1, 0.15) is 0 Å². The van der Waals surface area contributed by atoms with Gasteiger partial charge in [-0.3, -0.25) is 4.79 Å². The SMILES string of the molecule is CC(CC(=O)NC(Cc1ccccc1)C(O)CNCC(C)(C)CN(C)C)c1ccccc1. The minimum Gasteiger partial charge on any atom is -0.390 e. The van der Waals surface area contributed by atoms with Gasteiger partial charge in [-0.1, -0.05) is 81.4 Å². The molecule has 3 unspecified atom stereocenters. The fourth-order valence-electron chi connectivity index (χ4n) is 4.21. The molecule has 176 valence electrons. The molecule has 0 bridgehead atoms. The first-order chi connectivity index (χ1) is 15.2. The molecule has 0 radical (unpaired) electrons. The predicted molar refractivity (Wildman–Crippen MR) is 133 cm³/mol. The average molecular weight is 440 g/mol. The highest BCUT2D eigenvalue weighted by Gasteiger charge is 2.24. The molecule has 0 aliphatic rings. The Balaban J connectivity index is 1.97. The molecule has 2 aromatic carbocycles. The monoisotopic (exact) mass is 439 g/mol. The Labute approximate surface area is 194 Å². The van der Waals surface area contributed by atoms with Crippen LogP contribution < -0.4 is 10.6 Å². The van der Waals surface area contributed by atoms with Gasteiger partial charge in [0.25, 0.3) is 0 Å². The topological polar surface area (TPSA) is 64.6 Å². The summed E-state index contributed by atoms with van der Waals surface area (Å²) in [6.07, 6.45) is 0.308. The van der Waals surface area contributed by atoms with Crippen LogP contribution in [0, 0.1) is 5.41 Å². The Bertz CT molecular complexity index is 793. The number of aliphatic hydroxyl groups is 1. The van der Waals surface area contributed by atoms with Gasteiger partial charge >= 0.3 is 0 Å². The van der Waals surface area contributed by atoms with Crippen LogP contribution in [0.1, 0.15) is 44.2 Å². The maximum atomic E-state index is 12.8. The molecule has 2 aromatic rings. The van der Waals surface area contributed by atoms with Crippen LogP contribution in [-0.2, 0) is 11.2 Å². The van der Waals surface area contributed by atoms with E-state index in [1.165, 1.54) is 0 Å². The van der Waals surface area contributed by atoms with Crippen LogP contribution in [0.2, 0.25) is 0 Å². The standard InChI is InChI=1S/C27H41N3O2/c1-21(23-14-10-7-11-15-23)16-26(32)29-24(17-22-12-8-6-9-13-22)25(31)18-28-19-27(2,3)20-30(4)5/h6-15,21,24-25,28,31H,16-20H2,1-5H3,(H,29,32). The van der Waals surface area contributed by atoms with Crippen molar-refractivity contribution in [2.24, 2.45) is 5.41 Å². The number of benzene rings is 2. The lowest BCUT2D eigenvalue weighted by molar-refractivity contribution is -0.123. The van der Waals surface area contributed by atoms with Gasteiger partial charge in [-0.2, -0.15) is 0 Å². The molecule has 5 heteroatoms. The van der Waals surface area contributed by atoms with Crippen LogP contribution in [0.4, 0.5) is 0 Å². The van der Waals surface area contributed by atoms with E-state index in [1.54, 1.807) is 0 Å². The summed E-state index contributed by atoms with van der Waals surface area (Å²) in [7, 11) is 4.14. The molecule has 0 saturated carbocycles. The van der Waals surface area contributed by atoms with Crippen molar-refractivity contribution in [2.75, 3.05) is 33.7 Å². The van der Waals surface area contributed by atoms with E-state index in [9.17, 15) is 9.90 Å². The quantitative estimate of drug-likeness (QED) is 0.447. The smallest absolute Gasteiger partial charge is 0.220 e. The second-order valence-electron chi connectivity index (χ2n) is 9.98. The number of carbonyl (C=O) groups is 1. The molecule has 0 fully saturated rings. The van der Waals surface area contributed by atoms with Crippen LogP contribution in [0.25, 0.3) is 0 Å². The predicted octanol–water partition coefficient (Wildman–Crippen LogP) is 3.45. The van der Waals surface area contributed by atoms with Crippen molar-refractivity contribution < 1.29 is 9.90 Å². The summed E-state index contributed by atoms with van der Waals surface area (Å²) >= 11 is 0. The van der Waals surface area contributed by atoms with Gasteiger partial charge in [0.15, 0.2) is 0 Å². The molecule has 0 aliphatic heterocycles. The molecule has 32 heavy (non-hydrogen) atoms. The maximum Gasteiger partial charge on any atom is 0.220 e. The lowest BCUT2D eigenvalue weighted by Gasteiger charge is -2.30. The average Bonchev–Trinajstić information content (AvgIpc) is 2.73. The van der Waals surface area contributed by atoms with Crippen LogP contribution in [0.15, 0.2) is 60.7 Å². The van der Waals surface area contributed by atoms with E-state index in [2.05, 4.69) is 50.4 Å². The molecule has 0 saturated heterocycles. The number of rotatable bonds is 13. The normalized spacial score (nSPS) is 14.7. The molecular weight excluding hydrogens is 398 g/mol. The largest absolute Gasteiger partial charge is 0.390 e. The van der Waals surface area contributed by atoms with E-state index < -0.39 is 6.10 Å². The third-order valence-electron chi connectivity index (χ3n) is 5.67.